The Bertz CT molecular complexity index is 771. The van der Waals surface area contributed by atoms with E-state index in [-0.39, 0.29) is 24.4 Å². The summed E-state index contributed by atoms with van der Waals surface area (Å²) in [4.78, 5) is 52.3. The first-order valence-corrected chi connectivity index (χ1v) is 9.18. The molecule has 1 aromatic rings. The van der Waals surface area contributed by atoms with Crippen LogP contribution >= 0.6 is 0 Å². The maximum Gasteiger partial charge on any atom is 0.310 e. The number of nitrogens with one attached hydrogen (secondary N) is 2. The van der Waals surface area contributed by atoms with E-state index in [4.69, 9.17) is 0 Å². The Balaban J connectivity index is 1.62. The van der Waals surface area contributed by atoms with Gasteiger partial charge in [0.05, 0.1) is 6.54 Å². The lowest BCUT2D eigenvalue weighted by Gasteiger charge is -2.22. The van der Waals surface area contributed by atoms with Crippen LogP contribution in [0.15, 0.2) is 24.3 Å². The summed E-state index contributed by atoms with van der Waals surface area (Å²) in [5, 5.41) is 4.83. The standard InChI is InChI=1S/C19H24N4O4/c1-12(2)23-14-8-4-3-7-13(14)16(19(23)27)21-18(26)17(25)20-11-15(24)22-9-5-6-10-22/h3-4,7-8,12,16H,5-6,9-11H2,1-2H3,(H,20,25)(H,21,26)/t16-/m1/s1. The van der Waals surface area contributed by atoms with Crippen molar-refractivity contribution < 1.29 is 19.2 Å². The molecule has 1 saturated heterocycles. The molecule has 0 saturated carbocycles. The van der Waals surface area contributed by atoms with Crippen molar-refractivity contribution in [2.45, 2.75) is 38.8 Å². The predicted molar refractivity (Wildman–Crippen MR) is 98.8 cm³/mol. The van der Waals surface area contributed by atoms with Gasteiger partial charge in [-0.15, -0.1) is 0 Å². The van der Waals surface area contributed by atoms with Crippen LogP contribution in [0, 0.1) is 0 Å². The second-order valence-electron chi connectivity index (χ2n) is 7.04. The number of para-hydroxylation sites is 1. The highest BCUT2D eigenvalue weighted by Crippen LogP contribution is 2.36. The molecule has 1 fully saturated rings. The summed E-state index contributed by atoms with van der Waals surface area (Å²) in [7, 11) is 0. The Hall–Kier alpha value is -2.90. The first-order valence-electron chi connectivity index (χ1n) is 9.18. The average molecular weight is 372 g/mol. The van der Waals surface area contributed by atoms with E-state index in [9.17, 15) is 19.2 Å². The first kappa shape index (κ1) is 18.9. The number of rotatable bonds is 4. The molecule has 1 aromatic carbocycles. The van der Waals surface area contributed by atoms with E-state index in [0.717, 1.165) is 18.5 Å². The highest BCUT2D eigenvalue weighted by Gasteiger charge is 2.40. The fraction of sp³-hybridized carbons (Fsp3) is 0.474. The third-order valence-corrected chi connectivity index (χ3v) is 4.85. The van der Waals surface area contributed by atoms with Crippen molar-refractivity contribution in [1.82, 2.24) is 15.5 Å². The number of benzene rings is 1. The molecule has 0 radical (unpaired) electrons. The summed E-state index contributed by atoms with van der Waals surface area (Å²) in [5.41, 5.74) is 1.39. The van der Waals surface area contributed by atoms with Gasteiger partial charge >= 0.3 is 11.8 Å². The van der Waals surface area contributed by atoms with Gasteiger partial charge in [-0.2, -0.15) is 0 Å². The molecule has 2 aliphatic rings. The highest BCUT2D eigenvalue weighted by molar-refractivity contribution is 6.36. The molecule has 4 amide bonds. The van der Waals surface area contributed by atoms with Crippen LogP contribution in [0.3, 0.4) is 0 Å². The number of nitrogens with zero attached hydrogens (tertiary/aromatic N) is 2. The van der Waals surface area contributed by atoms with Crippen LogP contribution in [-0.2, 0) is 19.2 Å². The lowest BCUT2D eigenvalue weighted by molar-refractivity contribution is -0.141. The Morgan fingerprint density at radius 3 is 2.44 bits per heavy atom. The SMILES string of the molecule is CC(C)N1C(=O)[C@H](NC(=O)C(=O)NCC(=O)N2CCCC2)c2ccccc21. The van der Waals surface area contributed by atoms with Gasteiger partial charge in [0, 0.05) is 30.4 Å². The summed E-state index contributed by atoms with van der Waals surface area (Å²) in [6, 6.07) is 6.19. The fourth-order valence-electron chi connectivity index (χ4n) is 3.53. The van der Waals surface area contributed by atoms with Crippen LogP contribution in [0.1, 0.15) is 38.3 Å². The lowest BCUT2D eigenvalue weighted by Crippen LogP contribution is -2.47. The van der Waals surface area contributed by atoms with Crippen molar-refractivity contribution in [3.05, 3.63) is 29.8 Å². The number of hydrogen-bond donors (Lipinski definition) is 2. The number of anilines is 1. The Labute approximate surface area is 157 Å². The molecule has 3 rings (SSSR count). The van der Waals surface area contributed by atoms with Gasteiger partial charge in [0.2, 0.25) is 5.91 Å². The highest BCUT2D eigenvalue weighted by atomic mass is 16.2. The molecule has 8 nitrogen and oxygen atoms in total. The number of hydrogen-bond acceptors (Lipinski definition) is 4. The number of carbonyl (C=O) groups excluding carboxylic acids is 4. The molecule has 2 heterocycles. The number of likely N-dealkylation sites (tertiary alicyclic amines) is 1. The van der Waals surface area contributed by atoms with Gasteiger partial charge in [-0.1, -0.05) is 18.2 Å². The van der Waals surface area contributed by atoms with E-state index in [1.807, 2.05) is 26.0 Å². The Kier molecular flexibility index (Phi) is 5.43. The third kappa shape index (κ3) is 3.79. The zero-order valence-electron chi connectivity index (χ0n) is 15.5. The van der Waals surface area contributed by atoms with E-state index in [2.05, 4.69) is 10.6 Å². The van der Waals surface area contributed by atoms with E-state index < -0.39 is 17.9 Å². The van der Waals surface area contributed by atoms with E-state index in [1.165, 1.54) is 0 Å². The monoisotopic (exact) mass is 372 g/mol. The summed E-state index contributed by atoms with van der Waals surface area (Å²) in [6.07, 6.45) is 1.91. The van der Waals surface area contributed by atoms with Gasteiger partial charge in [0.1, 0.15) is 6.04 Å². The van der Waals surface area contributed by atoms with Crippen molar-refractivity contribution in [1.29, 1.82) is 0 Å². The quantitative estimate of drug-likeness (QED) is 0.745. The van der Waals surface area contributed by atoms with Crippen LogP contribution in [0.5, 0.6) is 0 Å². The maximum atomic E-state index is 12.7. The normalized spacial score (nSPS) is 18.6. The van der Waals surface area contributed by atoms with Crippen LogP contribution in [-0.4, -0.2) is 54.2 Å². The van der Waals surface area contributed by atoms with Gasteiger partial charge in [0.15, 0.2) is 0 Å². The van der Waals surface area contributed by atoms with Gasteiger partial charge in [-0.3, -0.25) is 19.2 Å². The molecule has 8 heteroatoms. The summed E-state index contributed by atoms with van der Waals surface area (Å²) < 4.78 is 0. The van der Waals surface area contributed by atoms with Gasteiger partial charge in [-0.05, 0) is 32.8 Å². The van der Waals surface area contributed by atoms with Crippen molar-refractivity contribution in [2.75, 3.05) is 24.5 Å². The minimum Gasteiger partial charge on any atom is -0.341 e. The van der Waals surface area contributed by atoms with Gasteiger partial charge < -0.3 is 20.4 Å². The second-order valence-corrected chi connectivity index (χ2v) is 7.04. The third-order valence-electron chi connectivity index (χ3n) is 4.85. The predicted octanol–water partition coefficient (Wildman–Crippen LogP) is 0.338. The number of carbonyl (C=O) groups is 4. The molecule has 2 aliphatic heterocycles. The molecule has 0 aromatic heterocycles. The molecule has 0 aliphatic carbocycles. The Morgan fingerprint density at radius 2 is 1.78 bits per heavy atom. The van der Waals surface area contributed by atoms with Crippen LogP contribution < -0.4 is 15.5 Å². The second kappa shape index (κ2) is 7.77. The summed E-state index contributed by atoms with van der Waals surface area (Å²) in [5.74, 6) is -2.33. The van der Waals surface area contributed by atoms with E-state index >= 15 is 0 Å². The van der Waals surface area contributed by atoms with Crippen molar-refractivity contribution in [3.63, 3.8) is 0 Å². The molecular formula is C19H24N4O4. The molecule has 27 heavy (non-hydrogen) atoms. The summed E-state index contributed by atoms with van der Waals surface area (Å²) in [6.45, 7) is 4.91. The molecular weight excluding hydrogens is 348 g/mol. The fourth-order valence-corrected chi connectivity index (χ4v) is 3.53. The lowest BCUT2D eigenvalue weighted by atomic mass is 10.1. The molecule has 0 bridgehead atoms. The topological polar surface area (TPSA) is 98.8 Å². The maximum absolute atomic E-state index is 12.7. The molecule has 2 N–H and O–H groups in total. The van der Waals surface area contributed by atoms with Crippen LogP contribution in [0.2, 0.25) is 0 Å². The summed E-state index contributed by atoms with van der Waals surface area (Å²) >= 11 is 0. The van der Waals surface area contributed by atoms with E-state index in [0.29, 0.717) is 18.7 Å². The zero-order valence-corrected chi connectivity index (χ0v) is 15.5. The molecule has 144 valence electrons. The van der Waals surface area contributed by atoms with Crippen LogP contribution in [0.4, 0.5) is 5.69 Å². The first-order chi connectivity index (χ1) is 12.9. The minimum atomic E-state index is -0.928. The largest absolute Gasteiger partial charge is 0.341 e. The smallest absolute Gasteiger partial charge is 0.310 e. The molecule has 0 spiro atoms. The minimum absolute atomic E-state index is 0.0764. The molecule has 0 unspecified atom stereocenters. The Morgan fingerprint density at radius 1 is 1.11 bits per heavy atom. The average Bonchev–Trinajstić information content (AvgIpc) is 3.26. The van der Waals surface area contributed by atoms with Crippen molar-refractivity contribution in [3.8, 4) is 0 Å². The van der Waals surface area contributed by atoms with Gasteiger partial charge in [0.25, 0.3) is 5.91 Å². The number of fused-ring (bicyclic) bond motifs is 1. The van der Waals surface area contributed by atoms with Crippen molar-refractivity contribution in [2.24, 2.45) is 0 Å². The van der Waals surface area contributed by atoms with Crippen LogP contribution in [0.25, 0.3) is 0 Å². The molecule has 1 atom stereocenters. The van der Waals surface area contributed by atoms with E-state index in [1.54, 1.807) is 21.9 Å². The van der Waals surface area contributed by atoms with Gasteiger partial charge in [-0.25, -0.2) is 0 Å². The number of amides is 4. The zero-order chi connectivity index (χ0) is 19.6. The van der Waals surface area contributed by atoms with Crippen molar-refractivity contribution >= 4 is 29.3 Å².